The van der Waals surface area contributed by atoms with Crippen molar-refractivity contribution in [1.82, 2.24) is 4.90 Å². The number of methoxy groups -OCH3 is 1. The van der Waals surface area contributed by atoms with E-state index < -0.39 is 0 Å². The van der Waals surface area contributed by atoms with Crippen molar-refractivity contribution >= 4 is 5.69 Å². The molecule has 0 heterocycles. The topological polar surface area (TPSA) is 38.5 Å². The Morgan fingerprint density at radius 2 is 2.00 bits per heavy atom. The highest BCUT2D eigenvalue weighted by Crippen LogP contribution is 2.12. The number of para-hydroxylation sites is 1. The van der Waals surface area contributed by atoms with Gasteiger partial charge in [-0.2, -0.15) is 0 Å². The van der Waals surface area contributed by atoms with Gasteiger partial charge in [-0.25, -0.2) is 0 Å². The lowest BCUT2D eigenvalue weighted by Crippen LogP contribution is -2.20. The molecule has 0 aromatic heterocycles. The number of anilines is 1. The molecule has 3 heteroatoms. The highest BCUT2D eigenvalue weighted by Gasteiger charge is 2.02. The van der Waals surface area contributed by atoms with Crippen molar-refractivity contribution in [1.29, 1.82) is 0 Å². The summed E-state index contributed by atoms with van der Waals surface area (Å²) in [6.07, 6.45) is 2.28. The molecule has 1 rings (SSSR count). The molecule has 1 aromatic rings. The Labute approximate surface area is 98.2 Å². The van der Waals surface area contributed by atoms with Crippen molar-refractivity contribution in [3.8, 4) is 0 Å². The molecule has 0 aliphatic heterocycles. The van der Waals surface area contributed by atoms with Gasteiger partial charge in [-0.3, -0.25) is 0 Å². The number of hydrogen-bond donors (Lipinski definition) is 1. The van der Waals surface area contributed by atoms with Gasteiger partial charge in [0.2, 0.25) is 0 Å². The second-order valence-corrected chi connectivity index (χ2v) is 4.14. The molecule has 0 saturated carbocycles. The molecular formula is C13H22N2O. The van der Waals surface area contributed by atoms with Gasteiger partial charge in [0.05, 0.1) is 0 Å². The molecule has 0 radical (unpaired) electrons. The van der Waals surface area contributed by atoms with Crippen LogP contribution in [0.3, 0.4) is 0 Å². The first-order valence-electron chi connectivity index (χ1n) is 5.75. The summed E-state index contributed by atoms with van der Waals surface area (Å²) < 4.78 is 5.02. The van der Waals surface area contributed by atoms with Crippen LogP contribution in [0.4, 0.5) is 5.69 Å². The molecule has 16 heavy (non-hydrogen) atoms. The average Bonchev–Trinajstić information content (AvgIpc) is 2.28. The van der Waals surface area contributed by atoms with E-state index in [1.54, 1.807) is 7.11 Å². The minimum Gasteiger partial charge on any atom is -0.398 e. The van der Waals surface area contributed by atoms with Crippen LogP contribution in [0.15, 0.2) is 24.3 Å². The molecule has 0 aliphatic rings. The standard InChI is InChI=1S/C13H22N2O/c1-15(9-5-6-10-16-2)11-12-7-3-4-8-13(12)14/h3-4,7-8H,5-6,9-11,14H2,1-2H3. The molecule has 0 aliphatic carbocycles. The Morgan fingerprint density at radius 1 is 1.25 bits per heavy atom. The van der Waals surface area contributed by atoms with E-state index in [1.165, 1.54) is 5.56 Å². The number of nitrogens with two attached hydrogens (primary N) is 1. The fourth-order valence-corrected chi connectivity index (χ4v) is 1.68. The average molecular weight is 222 g/mol. The van der Waals surface area contributed by atoms with E-state index in [9.17, 15) is 0 Å². The second kappa shape index (κ2) is 7.25. The summed E-state index contributed by atoms with van der Waals surface area (Å²) in [6.45, 7) is 2.85. The summed E-state index contributed by atoms with van der Waals surface area (Å²) in [7, 11) is 3.87. The fraction of sp³-hybridized carbons (Fsp3) is 0.538. The Bertz CT molecular complexity index is 302. The Balaban J connectivity index is 2.28. The molecule has 2 N–H and O–H groups in total. The van der Waals surface area contributed by atoms with Crippen LogP contribution in [0.25, 0.3) is 0 Å². The van der Waals surface area contributed by atoms with Gasteiger partial charge in [0.15, 0.2) is 0 Å². The smallest absolute Gasteiger partial charge is 0.0462 e. The monoisotopic (exact) mass is 222 g/mol. The van der Waals surface area contributed by atoms with Crippen molar-refractivity contribution in [2.24, 2.45) is 0 Å². The summed E-state index contributed by atoms with van der Waals surface area (Å²) in [6, 6.07) is 8.04. The van der Waals surface area contributed by atoms with E-state index in [0.29, 0.717) is 0 Å². The quantitative estimate of drug-likeness (QED) is 0.567. The van der Waals surface area contributed by atoms with Crippen molar-refractivity contribution in [3.63, 3.8) is 0 Å². The lowest BCUT2D eigenvalue weighted by molar-refractivity contribution is 0.186. The van der Waals surface area contributed by atoms with E-state index in [1.807, 2.05) is 18.2 Å². The van der Waals surface area contributed by atoms with E-state index >= 15 is 0 Å². The molecule has 3 nitrogen and oxygen atoms in total. The van der Waals surface area contributed by atoms with Crippen LogP contribution in [0, 0.1) is 0 Å². The van der Waals surface area contributed by atoms with Crippen molar-refractivity contribution in [3.05, 3.63) is 29.8 Å². The third kappa shape index (κ3) is 4.64. The Kier molecular flexibility index (Phi) is 5.90. The number of nitrogen functional groups attached to an aromatic ring is 1. The van der Waals surface area contributed by atoms with Gasteiger partial charge >= 0.3 is 0 Å². The van der Waals surface area contributed by atoms with Crippen LogP contribution >= 0.6 is 0 Å². The van der Waals surface area contributed by atoms with Crippen LogP contribution in [0.1, 0.15) is 18.4 Å². The maximum atomic E-state index is 5.90. The molecule has 0 spiro atoms. The second-order valence-electron chi connectivity index (χ2n) is 4.14. The SMILES string of the molecule is COCCCCN(C)Cc1ccccc1N. The van der Waals surface area contributed by atoms with Crippen LogP contribution in [-0.2, 0) is 11.3 Å². The minimum absolute atomic E-state index is 0.849. The van der Waals surface area contributed by atoms with Crippen LogP contribution in [-0.4, -0.2) is 32.2 Å². The third-order valence-corrected chi connectivity index (χ3v) is 2.63. The Morgan fingerprint density at radius 3 is 2.69 bits per heavy atom. The maximum absolute atomic E-state index is 5.90. The molecule has 0 saturated heterocycles. The van der Waals surface area contributed by atoms with E-state index in [-0.39, 0.29) is 0 Å². The summed E-state index contributed by atoms with van der Waals surface area (Å²) in [5, 5.41) is 0. The van der Waals surface area contributed by atoms with Crippen LogP contribution in [0.5, 0.6) is 0 Å². The number of ether oxygens (including phenoxy) is 1. The summed E-state index contributed by atoms with van der Waals surface area (Å²) in [5.74, 6) is 0. The van der Waals surface area contributed by atoms with Gasteiger partial charge in [0.1, 0.15) is 0 Å². The van der Waals surface area contributed by atoms with Crippen LogP contribution in [0.2, 0.25) is 0 Å². The van der Waals surface area contributed by atoms with Gasteiger partial charge < -0.3 is 15.4 Å². The Hall–Kier alpha value is -1.06. The van der Waals surface area contributed by atoms with Gasteiger partial charge in [-0.05, 0) is 38.1 Å². The largest absolute Gasteiger partial charge is 0.398 e. The zero-order valence-corrected chi connectivity index (χ0v) is 10.3. The van der Waals surface area contributed by atoms with Crippen molar-refractivity contribution < 1.29 is 4.74 Å². The third-order valence-electron chi connectivity index (χ3n) is 2.63. The molecule has 0 bridgehead atoms. The highest BCUT2D eigenvalue weighted by atomic mass is 16.5. The lowest BCUT2D eigenvalue weighted by atomic mass is 10.1. The normalized spacial score (nSPS) is 10.9. The molecule has 0 amide bonds. The first kappa shape index (κ1) is 13.0. The number of rotatable bonds is 7. The molecule has 0 unspecified atom stereocenters. The molecule has 0 atom stereocenters. The predicted octanol–water partition coefficient (Wildman–Crippen LogP) is 2.13. The molecule has 90 valence electrons. The summed E-state index contributed by atoms with van der Waals surface area (Å²) >= 11 is 0. The zero-order valence-electron chi connectivity index (χ0n) is 10.3. The number of nitrogens with zero attached hydrogens (tertiary/aromatic N) is 1. The van der Waals surface area contributed by atoms with Gasteiger partial charge in [0, 0.05) is 25.9 Å². The molecule has 0 fully saturated rings. The van der Waals surface area contributed by atoms with E-state index in [4.69, 9.17) is 10.5 Å². The zero-order chi connectivity index (χ0) is 11.8. The number of hydrogen-bond acceptors (Lipinski definition) is 3. The van der Waals surface area contributed by atoms with E-state index in [2.05, 4.69) is 18.0 Å². The van der Waals surface area contributed by atoms with E-state index in [0.717, 1.165) is 38.2 Å². The van der Waals surface area contributed by atoms with Crippen molar-refractivity contribution in [2.75, 3.05) is 33.0 Å². The number of unbranched alkanes of at least 4 members (excludes halogenated alkanes) is 1. The lowest BCUT2D eigenvalue weighted by Gasteiger charge is -2.17. The summed E-state index contributed by atoms with van der Waals surface area (Å²) in [4.78, 5) is 2.29. The van der Waals surface area contributed by atoms with Crippen molar-refractivity contribution in [2.45, 2.75) is 19.4 Å². The first-order chi connectivity index (χ1) is 7.74. The van der Waals surface area contributed by atoms with Crippen LogP contribution < -0.4 is 5.73 Å². The predicted molar refractivity (Wildman–Crippen MR) is 68.3 cm³/mol. The molecule has 1 aromatic carbocycles. The highest BCUT2D eigenvalue weighted by molar-refractivity contribution is 5.46. The van der Waals surface area contributed by atoms with Gasteiger partial charge in [-0.1, -0.05) is 18.2 Å². The van der Waals surface area contributed by atoms with Gasteiger partial charge in [0.25, 0.3) is 0 Å². The maximum Gasteiger partial charge on any atom is 0.0462 e. The first-order valence-corrected chi connectivity index (χ1v) is 5.75. The molecular weight excluding hydrogens is 200 g/mol. The minimum atomic E-state index is 0.849. The fourth-order valence-electron chi connectivity index (χ4n) is 1.68. The van der Waals surface area contributed by atoms with Gasteiger partial charge in [-0.15, -0.1) is 0 Å². The number of benzene rings is 1. The summed E-state index contributed by atoms with van der Waals surface area (Å²) in [5.41, 5.74) is 7.98.